The molecule has 2 aromatic heterocycles. The van der Waals surface area contributed by atoms with Crippen LogP contribution in [0.1, 0.15) is 62.7 Å². The van der Waals surface area contributed by atoms with Gasteiger partial charge >= 0.3 is 0 Å². The van der Waals surface area contributed by atoms with Crippen molar-refractivity contribution >= 4 is 23.2 Å². The molecule has 0 unspecified atom stereocenters. The summed E-state index contributed by atoms with van der Waals surface area (Å²) in [4.78, 5) is 35.8. The Morgan fingerprint density at radius 2 is 1.89 bits per heavy atom. The second-order valence-electron chi connectivity index (χ2n) is 9.32. The number of carbonyl (C=O) groups excluding carboxylic acids is 2. The zero-order chi connectivity index (χ0) is 26.5. The van der Waals surface area contributed by atoms with Gasteiger partial charge in [-0.25, -0.2) is 4.98 Å². The van der Waals surface area contributed by atoms with Crippen LogP contribution in [0.2, 0.25) is 0 Å². The first-order chi connectivity index (χ1) is 18.5. The molecule has 2 amide bonds. The fourth-order valence-corrected chi connectivity index (χ4v) is 5.35. The molecular formula is C30H30N4O3S. The fourth-order valence-electron chi connectivity index (χ4n) is 4.66. The van der Waals surface area contributed by atoms with Gasteiger partial charge in [0.15, 0.2) is 0 Å². The minimum Gasteiger partial charge on any atom is -0.486 e. The molecule has 5 rings (SSSR count). The van der Waals surface area contributed by atoms with E-state index in [1.54, 1.807) is 17.8 Å². The van der Waals surface area contributed by atoms with Gasteiger partial charge in [0.1, 0.15) is 23.1 Å². The van der Waals surface area contributed by atoms with Crippen LogP contribution in [0.3, 0.4) is 0 Å². The highest BCUT2D eigenvalue weighted by atomic mass is 32.1. The van der Waals surface area contributed by atoms with E-state index in [-0.39, 0.29) is 24.5 Å². The molecule has 1 atom stereocenters. The topological polar surface area (TPSA) is 84.4 Å². The van der Waals surface area contributed by atoms with E-state index < -0.39 is 0 Å². The average Bonchev–Trinajstić information content (AvgIpc) is 3.44. The summed E-state index contributed by atoms with van der Waals surface area (Å²) in [7, 11) is 0. The molecule has 0 saturated heterocycles. The number of pyridine rings is 1. The Bertz CT molecular complexity index is 1420. The number of thiazole rings is 1. The number of nitrogens with zero attached hydrogens (tertiary/aromatic N) is 3. The monoisotopic (exact) mass is 526 g/mol. The van der Waals surface area contributed by atoms with Crippen LogP contribution in [0.15, 0.2) is 72.4 Å². The predicted molar refractivity (Wildman–Crippen MR) is 147 cm³/mol. The summed E-state index contributed by atoms with van der Waals surface area (Å²) < 4.78 is 6.11. The van der Waals surface area contributed by atoms with Crippen LogP contribution >= 0.6 is 11.3 Å². The number of aromatic nitrogens is 2. The van der Waals surface area contributed by atoms with Crippen molar-refractivity contribution in [1.82, 2.24) is 20.2 Å². The molecule has 0 radical (unpaired) electrons. The number of amides is 2. The van der Waals surface area contributed by atoms with Gasteiger partial charge < -0.3 is 15.0 Å². The second kappa shape index (κ2) is 11.6. The average molecular weight is 527 g/mol. The van der Waals surface area contributed by atoms with E-state index in [2.05, 4.69) is 52.5 Å². The minimum atomic E-state index is -0.222. The van der Waals surface area contributed by atoms with Gasteiger partial charge in [-0.2, -0.15) is 0 Å². The SMILES string of the molecule is CCC(=O)N1CCc2ccc(OCc3nc(C(=O)NCc4ccncc4)cs3)cc2[C@H]1c1ccc(C)cc1. The van der Waals surface area contributed by atoms with Crippen molar-refractivity contribution in [3.05, 3.63) is 111 Å². The Balaban J connectivity index is 1.29. The molecule has 0 aliphatic carbocycles. The van der Waals surface area contributed by atoms with Gasteiger partial charge in [0, 0.05) is 37.3 Å². The van der Waals surface area contributed by atoms with Gasteiger partial charge in [-0.1, -0.05) is 42.8 Å². The van der Waals surface area contributed by atoms with Gasteiger partial charge in [-0.3, -0.25) is 14.6 Å². The summed E-state index contributed by atoms with van der Waals surface area (Å²) in [5.41, 5.74) is 5.95. The number of hydrogen-bond acceptors (Lipinski definition) is 6. The van der Waals surface area contributed by atoms with Crippen molar-refractivity contribution in [2.75, 3.05) is 6.54 Å². The van der Waals surface area contributed by atoms with Crippen molar-refractivity contribution in [2.45, 2.75) is 45.9 Å². The van der Waals surface area contributed by atoms with Crippen molar-refractivity contribution in [3.8, 4) is 5.75 Å². The number of fused-ring (bicyclic) bond motifs is 1. The van der Waals surface area contributed by atoms with Crippen LogP contribution in [0.5, 0.6) is 5.75 Å². The molecule has 7 nitrogen and oxygen atoms in total. The first-order valence-electron chi connectivity index (χ1n) is 12.7. The molecule has 1 N–H and O–H groups in total. The lowest BCUT2D eigenvalue weighted by atomic mass is 9.87. The van der Waals surface area contributed by atoms with Gasteiger partial charge in [-0.15, -0.1) is 11.3 Å². The van der Waals surface area contributed by atoms with Crippen LogP contribution in [0.4, 0.5) is 0 Å². The van der Waals surface area contributed by atoms with Crippen molar-refractivity contribution in [2.24, 2.45) is 0 Å². The van der Waals surface area contributed by atoms with Gasteiger partial charge in [0.05, 0.1) is 6.04 Å². The maximum absolute atomic E-state index is 12.9. The largest absolute Gasteiger partial charge is 0.486 e. The number of aryl methyl sites for hydroxylation is 1. The van der Waals surface area contributed by atoms with Crippen LogP contribution in [-0.4, -0.2) is 33.2 Å². The summed E-state index contributed by atoms with van der Waals surface area (Å²) in [6.07, 6.45) is 4.68. The normalized spacial score (nSPS) is 14.6. The number of hydrogen-bond donors (Lipinski definition) is 1. The number of benzene rings is 2. The molecule has 1 aliphatic rings. The van der Waals surface area contributed by atoms with Crippen molar-refractivity contribution in [3.63, 3.8) is 0 Å². The third-order valence-corrected chi connectivity index (χ3v) is 7.53. The Morgan fingerprint density at radius 3 is 2.66 bits per heavy atom. The van der Waals surface area contributed by atoms with E-state index >= 15 is 0 Å². The zero-order valence-corrected chi connectivity index (χ0v) is 22.3. The highest BCUT2D eigenvalue weighted by Crippen LogP contribution is 2.37. The van der Waals surface area contributed by atoms with Crippen LogP contribution in [0, 0.1) is 6.92 Å². The van der Waals surface area contributed by atoms with Gasteiger partial charge in [0.25, 0.3) is 5.91 Å². The maximum Gasteiger partial charge on any atom is 0.271 e. The molecule has 38 heavy (non-hydrogen) atoms. The van der Waals surface area contributed by atoms with Gasteiger partial charge in [0.2, 0.25) is 5.91 Å². The van der Waals surface area contributed by atoms with Crippen LogP contribution < -0.4 is 10.1 Å². The Hall–Kier alpha value is -4.04. The van der Waals surface area contributed by atoms with Crippen LogP contribution in [0.25, 0.3) is 0 Å². The molecule has 0 fully saturated rings. The molecule has 2 aromatic carbocycles. The quantitative estimate of drug-likeness (QED) is 0.339. The van der Waals surface area contributed by atoms with Crippen molar-refractivity contribution < 1.29 is 14.3 Å². The minimum absolute atomic E-state index is 0.144. The summed E-state index contributed by atoms with van der Waals surface area (Å²) in [6.45, 7) is 5.34. The third-order valence-electron chi connectivity index (χ3n) is 6.71. The standard InChI is InChI=1S/C30H30N4O3S/c1-3-28(35)34-15-12-22-8-9-24(16-25(22)29(34)23-6-4-20(2)5-7-23)37-18-27-33-26(19-38-27)30(36)32-17-21-10-13-31-14-11-21/h4-11,13-14,16,19,29H,3,12,15,17-18H2,1-2H3,(H,32,36)/t29-/m1/s1. The van der Waals surface area contributed by atoms with Crippen LogP contribution in [-0.2, 0) is 24.4 Å². The number of ether oxygens (including phenoxy) is 1. The molecule has 0 spiro atoms. The van der Waals surface area contributed by atoms with E-state index in [1.165, 1.54) is 22.5 Å². The highest BCUT2D eigenvalue weighted by molar-refractivity contribution is 7.09. The molecule has 4 aromatic rings. The molecule has 8 heteroatoms. The molecule has 0 bridgehead atoms. The molecular weight excluding hydrogens is 496 g/mol. The first kappa shape index (κ1) is 25.6. The molecule has 1 aliphatic heterocycles. The zero-order valence-electron chi connectivity index (χ0n) is 21.5. The fraction of sp³-hybridized carbons (Fsp3) is 0.267. The first-order valence-corrected chi connectivity index (χ1v) is 13.6. The summed E-state index contributed by atoms with van der Waals surface area (Å²) >= 11 is 1.39. The van der Waals surface area contributed by atoms with E-state index in [0.717, 1.165) is 28.1 Å². The molecule has 194 valence electrons. The Kier molecular flexibility index (Phi) is 7.79. The summed E-state index contributed by atoms with van der Waals surface area (Å²) in [5.74, 6) is 0.635. The van der Waals surface area contributed by atoms with E-state index in [1.807, 2.05) is 36.1 Å². The van der Waals surface area contributed by atoms with Gasteiger partial charge in [-0.05, 0) is 59.9 Å². The Morgan fingerprint density at radius 1 is 1.11 bits per heavy atom. The number of carbonyl (C=O) groups is 2. The lowest BCUT2D eigenvalue weighted by Gasteiger charge is -2.38. The highest BCUT2D eigenvalue weighted by Gasteiger charge is 2.31. The third kappa shape index (κ3) is 5.75. The van der Waals surface area contributed by atoms with E-state index in [9.17, 15) is 9.59 Å². The predicted octanol–water partition coefficient (Wildman–Crippen LogP) is 5.24. The van der Waals surface area contributed by atoms with E-state index in [0.29, 0.717) is 31.0 Å². The van der Waals surface area contributed by atoms with Crippen molar-refractivity contribution in [1.29, 1.82) is 0 Å². The lowest BCUT2D eigenvalue weighted by molar-refractivity contribution is -0.132. The van der Waals surface area contributed by atoms with E-state index in [4.69, 9.17) is 4.74 Å². The molecule has 3 heterocycles. The summed E-state index contributed by atoms with van der Waals surface area (Å²) in [6, 6.07) is 18.1. The lowest BCUT2D eigenvalue weighted by Crippen LogP contribution is -2.40. The summed E-state index contributed by atoms with van der Waals surface area (Å²) in [5, 5.41) is 5.35. The molecule has 0 saturated carbocycles. The number of nitrogens with one attached hydrogen (secondary N) is 1. The Labute approximate surface area is 226 Å². The second-order valence-corrected chi connectivity index (χ2v) is 10.3. The smallest absolute Gasteiger partial charge is 0.271 e. The number of rotatable bonds is 8. The maximum atomic E-state index is 12.9.